The van der Waals surface area contributed by atoms with Gasteiger partial charge in [-0.1, -0.05) is 125 Å². The van der Waals surface area contributed by atoms with Gasteiger partial charge >= 0.3 is 6.19 Å². The molecule has 420 valence electrons. The minimum atomic E-state index is -0.425. The minimum absolute atomic E-state index is 0.0441. The normalized spacial score (nSPS) is 17.1. The number of nitrogens with zero attached hydrogens (tertiary/aromatic N) is 8. The number of phenolic OH excluding ortho intramolecular Hbond substituents is 1. The summed E-state index contributed by atoms with van der Waals surface area (Å²) in [6.45, 7) is 32.8. The van der Waals surface area contributed by atoms with Crippen LogP contribution in [0.1, 0.15) is 190 Å². The average molecular weight is 1080 g/mol. The first-order valence-electron chi connectivity index (χ1n) is 29.9. The molecule has 11 rings (SSSR count). The zero-order chi connectivity index (χ0) is 56.8. The maximum absolute atomic E-state index is 12.7. The van der Waals surface area contributed by atoms with Gasteiger partial charge in [-0.3, -0.25) is 0 Å². The van der Waals surface area contributed by atoms with E-state index in [4.69, 9.17) is 9.97 Å². The van der Waals surface area contributed by atoms with Crippen LogP contribution in [-0.2, 0) is 47.8 Å². The van der Waals surface area contributed by atoms with E-state index in [2.05, 4.69) is 212 Å². The van der Waals surface area contributed by atoms with E-state index in [0.29, 0.717) is 73.6 Å². The first-order valence-corrected chi connectivity index (χ1v) is 29.9. The summed E-state index contributed by atoms with van der Waals surface area (Å²) in [5, 5.41) is 51.4. The summed E-state index contributed by atoms with van der Waals surface area (Å²) in [6, 6.07) is 27.4. The molecular weight excluding hydrogens is 987 g/mol. The predicted octanol–water partition coefficient (Wildman–Crippen LogP) is 15.4. The number of nitriles is 1. The highest BCUT2D eigenvalue weighted by molar-refractivity contribution is 5.86. The summed E-state index contributed by atoms with van der Waals surface area (Å²) in [5.41, 5.74) is 11.9. The summed E-state index contributed by atoms with van der Waals surface area (Å²) in [7, 11) is 0. The SMILES string of the molecule is Cc1cccc2cc(CN(Cc3cc(C(C)(C)C)c([N+](C#N)(Cc4cc(C(C)(C)C)c(O)c(C(C)(C)C)c4)Cc4cc5cccc(C)c5nc4NC(C4CC4)C4CC4)c(C(C)(C)C)c3)c3nn[nH]n3)c(NC(C3CC3)C3CC3)nc12. The van der Waals surface area contributed by atoms with Crippen molar-refractivity contribution in [3.63, 3.8) is 0 Å². The van der Waals surface area contributed by atoms with Crippen LogP contribution in [0.5, 0.6) is 5.75 Å². The fraction of sp³-hybridized carbons (Fsp3) is 0.529. The smallest absolute Gasteiger partial charge is 0.314 e. The molecule has 1 atom stereocenters. The Morgan fingerprint density at radius 3 is 1.45 bits per heavy atom. The molecule has 0 bridgehead atoms. The van der Waals surface area contributed by atoms with E-state index in [-0.39, 0.29) is 15.3 Å². The summed E-state index contributed by atoms with van der Waals surface area (Å²) in [4.78, 5) is 13.2. The Morgan fingerprint density at radius 2 is 1.04 bits per heavy atom. The first-order chi connectivity index (χ1) is 37.8. The van der Waals surface area contributed by atoms with Gasteiger partial charge in [0.15, 0.2) is 5.69 Å². The minimum Gasteiger partial charge on any atom is -0.507 e. The standard InChI is InChI=1S/C68H87N11O/c1-40-17-15-19-48-33-50(62(70-56(40)48)72-58(44-21-22-44)45-23-24-45)36-78(64-74-76-77-75-64)35-42-29-52(65(3,4)5)60(53(30-42)66(6,7)8)79(39-69,37-43-31-54(67(9,10)11)61(80)55(32-43)68(12,13)14)38-51-34-49-20-16-18-41(2)57(49)71-63(51)73-59(46-25-26-46)47-27-28-47/h15-20,29-34,44-47,58-59H,21-28,35-38H2,1-14H3,(H3-,70,71,72,73,74,75,76,77,80)/p+1. The molecule has 4 aliphatic carbocycles. The molecule has 12 heteroatoms. The number of para-hydroxylation sites is 2. The lowest BCUT2D eigenvalue weighted by molar-refractivity contribution is 0.352. The molecule has 3 heterocycles. The number of benzene rings is 4. The van der Waals surface area contributed by atoms with Crippen LogP contribution in [0.25, 0.3) is 21.8 Å². The summed E-state index contributed by atoms with van der Waals surface area (Å²) in [5.74, 6) is 5.30. The van der Waals surface area contributed by atoms with Gasteiger partial charge in [-0.25, -0.2) is 9.97 Å². The van der Waals surface area contributed by atoms with Crippen LogP contribution in [0.3, 0.4) is 0 Å². The molecule has 3 aromatic heterocycles. The monoisotopic (exact) mass is 1070 g/mol. The number of phenols is 1. The van der Waals surface area contributed by atoms with Gasteiger partial charge in [0.05, 0.1) is 16.6 Å². The Balaban J connectivity index is 1.10. The van der Waals surface area contributed by atoms with Crippen LogP contribution in [0.2, 0.25) is 0 Å². The zero-order valence-corrected chi connectivity index (χ0v) is 50.4. The molecule has 4 aliphatic rings. The van der Waals surface area contributed by atoms with E-state index in [1.165, 1.54) is 51.4 Å². The second-order valence-corrected chi connectivity index (χ2v) is 29.0. The Kier molecular flexibility index (Phi) is 14.1. The Hall–Kier alpha value is -6.58. The maximum Gasteiger partial charge on any atom is 0.314 e. The van der Waals surface area contributed by atoms with E-state index >= 15 is 0 Å². The summed E-state index contributed by atoms with van der Waals surface area (Å²) in [6.07, 6.45) is 13.1. The molecule has 0 radical (unpaired) electrons. The van der Waals surface area contributed by atoms with Gasteiger partial charge in [0.1, 0.15) is 30.5 Å². The van der Waals surface area contributed by atoms with E-state index in [9.17, 15) is 10.4 Å². The number of nitrogens with one attached hydrogen (secondary N) is 3. The van der Waals surface area contributed by atoms with Gasteiger partial charge in [0.25, 0.3) is 5.95 Å². The van der Waals surface area contributed by atoms with E-state index in [1.54, 1.807) is 0 Å². The van der Waals surface area contributed by atoms with Crippen molar-refractivity contribution >= 4 is 45.1 Å². The quantitative estimate of drug-likeness (QED) is 0.0483. The van der Waals surface area contributed by atoms with E-state index in [0.717, 1.165) is 94.8 Å². The molecule has 1 unspecified atom stereocenters. The van der Waals surface area contributed by atoms with Crippen molar-refractivity contribution < 1.29 is 5.11 Å². The van der Waals surface area contributed by atoms with Crippen LogP contribution in [0.15, 0.2) is 72.8 Å². The molecule has 4 aromatic carbocycles. The molecule has 80 heavy (non-hydrogen) atoms. The van der Waals surface area contributed by atoms with Gasteiger partial charge < -0.3 is 20.6 Å². The predicted molar refractivity (Wildman–Crippen MR) is 327 cm³/mol. The Labute approximate surface area is 476 Å². The van der Waals surface area contributed by atoms with Crippen molar-refractivity contribution in [3.8, 4) is 11.9 Å². The number of aromatic amines is 1. The molecule has 12 nitrogen and oxygen atoms in total. The van der Waals surface area contributed by atoms with Gasteiger partial charge in [0, 0.05) is 69.3 Å². The number of aromatic hydroxyl groups is 1. The van der Waals surface area contributed by atoms with Gasteiger partial charge in [-0.2, -0.15) is 9.70 Å². The van der Waals surface area contributed by atoms with Crippen LogP contribution in [0.4, 0.5) is 23.3 Å². The van der Waals surface area contributed by atoms with Crippen LogP contribution in [0, 0.1) is 49.0 Å². The molecule has 7 aromatic rings. The van der Waals surface area contributed by atoms with Crippen molar-refractivity contribution in [1.29, 1.82) is 5.26 Å². The van der Waals surface area contributed by atoms with Crippen molar-refractivity contribution in [2.24, 2.45) is 23.7 Å². The van der Waals surface area contributed by atoms with Crippen LogP contribution >= 0.6 is 0 Å². The molecule has 0 saturated heterocycles. The third kappa shape index (κ3) is 11.5. The number of hydrogen-bond acceptors (Lipinski definition) is 10. The van der Waals surface area contributed by atoms with E-state index in [1.807, 2.05) is 0 Å². The summed E-state index contributed by atoms with van der Waals surface area (Å²) >= 11 is 0. The summed E-state index contributed by atoms with van der Waals surface area (Å²) < 4.78 is -0.0441. The number of anilines is 3. The highest BCUT2D eigenvalue weighted by Gasteiger charge is 2.47. The van der Waals surface area contributed by atoms with E-state index < -0.39 is 10.8 Å². The number of fused-ring (bicyclic) bond motifs is 2. The van der Waals surface area contributed by atoms with Crippen LogP contribution < -0.4 is 20.0 Å². The average Bonchev–Trinajstić information content (AvgIpc) is 4.35. The Morgan fingerprint density at radius 1 is 0.600 bits per heavy atom. The highest BCUT2D eigenvalue weighted by atomic mass is 16.3. The Bertz CT molecular complexity index is 3400. The molecule has 4 fully saturated rings. The number of tetrazole rings is 1. The van der Waals surface area contributed by atoms with Crippen molar-refractivity contribution in [3.05, 3.63) is 128 Å². The number of aromatic nitrogens is 6. The molecule has 0 spiro atoms. The molecule has 4 N–H and O–H groups in total. The fourth-order valence-corrected chi connectivity index (χ4v) is 12.8. The lowest BCUT2D eigenvalue weighted by atomic mass is 9.76. The number of aryl methyl sites for hydroxylation is 2. The second-order valence-electron chi connectivity index (χ2n) is 29.0. The van der Waals surface area contributed by atoms with Gasteiger partial charge in [-0.15, -0.1) is 10.4 Å². The maximum atomic E-state index is 12.7. The van der Waals surface area contributed by atoms with Gasteiger partial charge in [0.2, 0.25) is 0 Å². The topological polar surface area (TPSA) is 152 Å². The zero-order valence-electron chi connectivity index (χ0n) is 50.4. The number of quaternary nitrogens is 1. The first kappa shape index (κ1) is 55.3. The number of rotatable bonds is 18. The number of hydrogen-bond donors (Lipinski definition) is 4. The lowest BCUT2D eigenvalue weighted by Crippen LogP contribution is -2.46. The lowest BCUT2D eigenvalue weighted by Gasteiger charge is -2.39. The fourth-order valence-electron chi connectivity index (χ4n) is 12.8. The van der Waals surface area contributed by atoms with Crippen LogP contribution in [-0.4, -0.2) is 47.8 Å². The number of H-pyrrole nitrogens is 1. The van der Waals surface area contributed by atoms with Gasteiger partial charge in [-0.05, 0) is 169 Å². The third-order valence-corrected chi connectivity index (χ3v) is 17.8. The number of pyridine rings is 2. The van der Waals surface area contributed by atoms with Crippen molar-refractivity contribution in [2.75, 3.05) is 15.5 Å². The molecule has 0 aliphatic heterocycles. The van der Waals surface area contributed by atoms with Crippen molar-refractivity contribution in [2.45, 2.75) is 208 Å². The highest BCUT2D eigenvalue weighted by Crippen LogP contribution is 2.51. The second kappa shape index (κ2) is 20.4. The molecule has 0 amide bonds. The van der Waals surface area contributed by atoms with Crippen molar-refractivity contribution in [1.82, 2.24) is 35.1 Å². The molecular formula is C68H88N11O+. The molecule has 4 saturated carbocycles. The largest absolute Gasteiger partial charge is 0.507 e. The third-order valence-electron chi connectivity index (χ3n) is 17.8.